The van der Waals surface area contributed by atoms with Crippen molar-refractivity contribution in [2.45, 2.75) is 13.8 Å². The third-order valence-corrected chi connectivity index (χ3v) is 2.38. The second-order valence-electron chi connectivity index (χ2n) is 3.26. The van der Waals surface area contributed by atoms with Crippen molar-refractivity contribution in [2.75, 3.05) is 13.2 Å². The molecular weight excluding hydrogens is 280 g/mol. The van der Waals surface area contributed by atoms with Gasteiger partial charge in [-0.1, -0.05) is 11.6 Å². The van der Waals surface area contributed by atoms with Crippen molar-refractivity contribution in [3.8, 4) is 11.5 Å². The Kier molecular flexibility index (Phi) is 4.87. The smallest absolute Gasteiger partial charge is 0.361 e. The Bertz CT molecular complexity index is 519. The first-order valence-electron chi connectivity index (χ1n) is 5.34. The van der Waals surface area contributed by atoms with Crippen LogP contribution in [-0.4, -0.2) is 23.1 Å². The van der Waals surface area contributed by atoms with Crippen LogP contribution in [-0.2, 0) is 0 Å². The summed E-state index contributed by atoms with van der Waals surface area (Å²) in [5, 5.41) is 21.8. The largest absolute Gasteiger partial charge is 0.486 e. The predicted molar refractivity (Wildman–Crippen MR) is 67.1 cm³/mol. The van der Waals surface area contributed by atoms with Crippen LogP contribution < -0.4 is 9.47 Å². The molecule has 0 aliphatic heterocycles. The lowest BCUT2D eigenvalue weighted by atomic mass is 10.2. The number of halogens is 1. The van der Waals surface area contributed by atoms with E-state index in [0.29, 0.717) is 0 Å². The Morgan fingerprint density at radius 3 is 2.05 bits per heavy atom. The fraction of sp³-hybridized carbons (Fsp3) is 0.400. The molecule has 0 spiro atoms. The van der Waals surface area contributed by atoms with Crippen LogP contribution in [0.3, 0.4) is 0 Å². The molecule has 0 saturated heterocycles. The van der Waals surface area contributed by atoms with Crippen LogP contribution in [0.4, 0.5) is 11.4 Å². The lowest BCUT2D eigenvalue weighted by Gasteiger charge is -2.10. The first-order valence-corrected chi connectivity index (χ1v) is 5.72. The zero-order valence-corrected chi connectivity index (χ0v) is 11.0. The zero-order chi connectivity index (χ0) is 14.6. The molecule has 0 aliphatic carbocycles. The SMILES string of the molecule is CCOc1c(Cl)cc([N+](=O)[O-])c(OCC)c1[N+](=O)[O-]. The number of hydrogen-bond acceptors (Lipinski definition) is 6. The molecular formula is C10H11ClN2O6. The molecule has 0 aliphatic rings. The fourth-order valence-corrected chi connectivity index (χ4v) is 1.71. The summed E-state index contributed by atoms with van der Waals surface area (Å²) < 4.78 is 10.1. The van der Waals surface area contributed by atoms with E-state index < -0.39 is 27.0 Å². The number of rotatable bonds is 6. The Balaban J connectivity index is 3.64. The lowest BCUT2D eigenvalue weighted by Crippen LogP contribution is -2.05. The summed E-state index contributed by atoms with van der Waals surface area (Å²) >= 11 is 5.78. The van der Waals surface area contributed by atoms with Crippen LogP contribution >= 0.6 is 11.6 Å². The minimum absolute atomic E-state index is 0.0366. The molecule has 0 radical (unpaired) electrons. The Hall–Kier alpha value is -2.09. The quantitative estimate of drug-likeness (QED) is 0.589. The summed E-state index contributed by atoms with van der Waals surface area (Å²) in [7, 11) is 0. The third kappa shape index (κ3) is 3.02. The van der Waals surface area contributed by atoms with E-state index in [-0.39, 0.29) is 24.0 Å². The van der Waals surface area contributed by atoms with Gasteiger partial charge in [0.25, 0.3) is 5.75 Å². The molecule has 1 aromatic carbocycles. The van der Waals surface area contributed by atoms with Gasteiger partial charge in [0.2, 0.25) is 5.75 Å². The summed E-state index contributed by atoms with van der Waals surface area (Å²) in [6.45, 7) is 3.34. The predicted octanol–water partition coefficient (Wildman–Crippen LogP) is 2.95. The van der Waals surface area contributed by atoms with Crippen molar-refractivity contribution in [3.05, 3.63) is 31.3 Å². The van der Waals surface area contributed by atoms with Crippen molar-refractivity contribution in [1.82, 2.24) is 0 Å². The van der Waals surface area contributed by atoms with Crippen molar-refractivity contribution in [2.24, 2.45) is 0 Å². The van der Waals surface area contributed by atoms with E-state index in [1.165, 1.54) is 0 Å². The Morgan fingerprint density at radius 1 is 1.11 bits per heavy atom. The molecule has 0 aromatic heterocycles. The molecule has 0 N–H and O–H groups in total. The van der Waals surface area contributed by atoms with Crippen LogP contribution in [0.2, 0.25) is 5.02 Å². The standard InChI is InChI=1S/C10H11ClN2O6/c1-3-18-9-6(11)5-7(12(14)15)10(19-4-2)8(9)13(16)17/h5H,3-4H2,1-2H3. The second-order valence-corrected chi connectivity index (χ2v) is 3.67. The summed E-state index contributed by atoms with van der Waals surface area (Å²) in [4.78, 5) is 20.4. The second kappa shape index (κ2) is 6.19. The van der Waals surface area contributed by atoms with E-state index in [1.54, 1.807) is 13.8 Å². The zero-order valence-electron chi connectivity index (χ0n) is 10.2. The maximum atomic E-state index is 11.1. The monoisotopic (exact) mass is 290 g/mol. The molecule has 19 heavy (non-hydrogen) atoms. The van der Waals surface area contributed by atoms with E-state index >= 15 is 0 Å². The maximum absolute atomic E-state index is 11.1. The highest BCUT2D eigenvalue weighted by Gasteiger charge is 2.34. The Morgan fingerprint density at radius 2 is 1.63 bits per heavy atom. The highest BCUT2D eigenvalue weighted by molar-refractivity contribution is 6.32. The number of nitro benzene ring substituents is 2. The van der Waals surface area contributed by atoms with E-state index in [9.17, 15) is 20.2 Å². The summed E-state index contributed by atoms with van der Waals surface area (Å²) in [5.41, 5.74) is -1.20. The van der Waals surface area contributed by atoms with Gasteiger partial charge in [-0.05, 0) is 13.8 Å². The third-order valence-electron chi connectivity index (χ3n) is 2.10. The molecule has 0 saturated carbocycles. The van der Waals surface area contributed by atoms with Crippen molar-refractivity contribution in [3.63, 3.8) is 0 Å². The fourth-order valence-electron chi connectivity index (χ4n) is 1.46. The number of hydrogen-bond donors (Lipinski definition) is 0. The topological polar surface area (TPSA) is 105 Å². The van der Waals surface area contributed by atoms with Crippen molar-refractivity contribution < 1.29 is 19.3 Å². The highest BCUT2D eigenvalue weighted by atomic mass is 35.5. The summed E-state index contributed by atoms with van der Waals surface area (Å²) in [6, 6.07) is 0.977. The maximum Gasteiger partial charge on any atom is 0.361 e. The molecule has 104 valence electrons. The van der Waals surface area contributed by atoms with Gasteiger partial charge >= 0.3 is 11.4 Å². The molecule has 1 rings (SSSR count). The van der Waals surface area contributed by atoms with Crippen LogP contribution in [0.5, 0.6) is 11.5 Å². The van der Waals surface area contributed by atoms with Crippen LogP contribution in [0.15, 0.2) is 6.07 Å². The molecule has 8 nitrogen and oxygen atoms in total. The summed E-state index contributed by atoms with van der Waals surface area (Å²) in [5.74, 6) is -0.687. The van der Waals surface area contributed by atoms with E-state index in [1.807, 2.05) is 0 Å². The first-order chi connectivity index (χ1) is 8.93. The molecule has 0 bridgehead atoms. The molecule has 0 atom stereocenters. The highest BCUT2D eigenvalue weighted by Crippen LogP contribution is 2.48. The van der Waals surface area contributed by atoms with Crippen molar-refractivity contribution in [1.29, 1.82) is 0 Å². The molecule has 0 fully saturated rings. The molecule has 0 heterocycles. The number of nitro groups is 2. The van der Waals surface area contributed by atoms with Crippen LogP contribution in [0, 0.1) is 20.2 Å². The minimum atomic E-state index is -0.811. The van der Waals surface area contributed by atoms with Gasteiger partial charge in [0.15, 0.2) is 0 Å². The van der Waals surface area contributed by atoms with Gasteiger partial charge in [0.1, 0.15) is 0 Å². The van der Waals surface area contributed by atoms with E-state index in [4.69, 9.17) is 21.1 Å². The van der Waals surface area contributed by atoms with Crippen LogP contribution in [0.25, 0.3) is 0 Å². The number of benzene rings is 1. The number of ether oxygens (including phenoxy) is 2. The van der Waals surface area contributed by atoms with Crippen molar-refractivity contribution >= 4 is 23.0 Å². The lowest BCUT2D eigenvalue weighted by molar-refractivity contribution is -0.396. The minimum Gasteiger partial charge on any atom is -0.486 e. The molecule has 1 aromatic rings. The van der Waals surface area contributed by atoms with Gasteiger partial charge in [0.05, 0.1) is 28.1 Å². The molecule has 9 heteroatoms. The van der Waals surface area contributed by atoms with Gasteiger partial charge in [-0.2, -0.15) is 0 Å². The van der Waals surface area contributed by atoms with E-state index in [0.717, 1.165) is 6.07 Å². The van der Waals surface area contributed by atoms with Gasteiger partial charge in [-0.25, -0.2) is 0 Å². The van der Waals surface area contributed by atoms with Gasteiger partial charge in [-0.3, -0.25) is 20.2 Å². The van der Waals surface area contributed by atoms with E-state index in [2.05, 4.69) is 0 Å². The van der Waals surface area contributed by atoms with Gasteiger partial charge in [-0.15, -0.1) is 0 Å². The van der Waals surface area contributed by atoms with Gasteiger partial charge in [0, 0.05) is 6.07 Å². The average Bonchev–Trinajstić information content (AvgIpc) is 2.32. The van der Waals surface area contributed by atoms with Gasteiger partial charge < -0.3 is 9.47 Å². The molecule has 0 unspecified atom stereocenters. The molecule has 0 amide bonds. The first kappa shape index (κ1) is 15.0. The normalized spacial score (nSPS) is 10.1. The Labute approximate surface area is 113 Å². The number of nitrogens with zero attached hydrogens (tertiary/aromatic N) is 2. The summed E-state index contributed by atoms with van der Waals surface area (Å²) in [6.07, 6.45) is 0. The average molecular weight is 291 g/mol. The van der Waals surface area contributed by atoms with Crippen LogP contribution in [0.1, 0.15) is 13.8 Å².